The molecule has 6 aromatic rings. The summed E-state index contributed by atoms with van der Waals surface area (Å²) in [5, 5.41) is 7.08. The molecule has 40 heavy (non-hydrogen) atoms. The maximum atomic E-state index is 5.12. The molecule has 0 atom stereocenters. The third-order valence-corrected chi connectivity index (χ3v) is 7.71. The molecular weight excluding hydrogens is 498 g/mol. The highest BCUT2D eigenvalue weighted by Crippen LogP contribution is 2.28. The van der Waals surface area contributed by atoms with E-state index in [1.54, 1.807) is 4.90 Å². The third-order valence-electron chi connectivity index (χ3n) is 7.71. The number of H-pyrrole nitrogens is 1. The van der Waals surface area contributed by atoms with Crippen LogP contribution in [0.4, 0.5) is 17.5 Å². The number of para-hydroxylation sites is 4. The molecule has 0 radical (unpaired) electrons. The van der Waals surface area contributed by atoms with Crippen molar-refractivity contribution in [1.29, 1.82) is 0 Å². The fourth-order valence-electron chi connectivity index (χ4n) is 5.63. The standard InChI is InChI=1S/C31H31N9/c1-22-20-28(40(36-22)31-34-26-14-8-9-15-27(26)37(31)2)35-29-30(33-25-13-7-6-12-24(25)32-29)39-18-16-38(17-19-39)21-23-10-4-3-5-11-23/h3-15,20H,16-19,21H2,1-2H3,(H,32,35,36)/p+2. The Morgan fingerprint density at radius 2 is 1.52 bits per heavy atom. The Bertz CT molecular complexity index is 1800. The van der Waals surface area contributed by atoms with Crippen LogP contribution in [0.5, 0.6) is 0 Å². The van der Waals surface area contributed by atoms with E-state index in [-0.39, 0.29) is 0 Å². The first-order valence-corrected chi connectivity index (χ1v) is 13.8. The molecule has 0 amide bonds. The molecule has 1 saturated heterocycles. The molecule has 1 aliphatic heterocycles. The van der Waals surface area contributed by atoms with Gasteiger partial charge in [-0.25, -0.2) is 14.5 Å². The van der Waals surface area contributed by atoms with Crippen LogP contribution in [-0.2, 0) is 13.6 Å². The minimum absolute atomic E-state index is 0.747. The van der Waals surface area contributed by atoms with Crippen LogP contribution in [-0.4, -0.2) is 50.8 Å². The van der Waals surface area contributed by atoms with E-state index in [1.165, 1.54) is 5.56 Å². The first-order valence-electron chi connectivity index (χ1n) is 13.8. The number of nitrogens with zero attached hydrogens (tertiary/aromatic N) is 6. The van der Waals surface area contributed by atoms with Gasteiger partial charge in [0.25, 0.3) is 0 Å². The number of aromatic amines is 1. The van der Waals surface area contributed by atoms with E-state index < -0.39 is 0 Å². The topological polar surface area (TPSA) is 83.0 Å². The van der Waals surface area contributed by atoms with Gasteiger partial charge < -0.3 is 9.80 Å². The van der Waals surface area contributed by atoms with Crippen molar-refractivity contribution in [2.75, 3.05) is 36.4 Å². The smallest absolute Gasteiger partial charge is 0.341 e. The summed E-state index contributed by atoms with van der Waals surface area (Å²) < 4.78 is 4.08. The van der Waals surface area contributed by atoms with Crippen LogP contribution in [0.15, 0.2) is 84.9 Å². The summed E-state index contributed by atoms with van der Waals surface area (Å²) >= 11 is 0. The van der Waals surface area contributed by atoms with Crippen LogP contribution in [0.2, 0.25) is 0 Å². The monoisotopic (exact) mass is 531 g/mol. The van der Waals surface area contributed by atoms with Crippen molar-refractivity contribution in [1.82, 2.24) is 24.6 Å². The fraction of sp³-hybridized carbons (Fsp3) is 0.226. The number of aromatic nitrogens is 6. The molecule has 0 bridgehead atoms. The number of benzene rings is 3. The van der Waals surface area contributed by atoms with Gasteiger partial charge in [0.1, 0.15) is 12.1 Å². The van der Waals surface area contributed by atoms with E-state index in [9.17, 15) is 0 Å². The maximum absolute atomic E-state index is 5.12. The minimum atomic E-state index is 0.747. The largest absolute Gasteiger partial charge is 0.377 e. The molecule has 0 spiro atoms. The SMILES string of the molecule is Cc1cc(Nc2nc3ccccc3nc2N2CC[NH+](Cc3ccccc3)CC2)[n+](-c2nc3ccccc3n2C)[nH]1. The molecule has 4 heterocycles. The summed E-state index contributed by atoms with van der Waals surface area (Å²) in [4.78, 5) is 19.1. The van der Waals surface area contributed by atoms with Gasteiger partial charge in [-0.15, -0.1) is 9.67 Å². The number of fused-ring (bicyclic) bond motifs is 2. The molecule has 0 aliphatic carbocycles. The number of anilines is 3. The van der Waals surface area contributed by atoms with Crippen molar-refractivity contribution in [3.05, 3.63) is 96.2 Å². The first kappa shape index (κ1) is 24.3. The van der Waals surface area contributed by atoms with Crippen molar-refractivity contribution in [3.8, 4) is 5.95 Å². The summed E-state index contributed by atoms with van der Waals surface area (Å²) in [6.45, 7) is 7.02. The lowest BCUT2D eigenvalue weighted by atomic mass is 10.2. The normalized spacial score (nSPS) is 14.3. The van der Waals surface area contributed by atoms with E-state index in [4.69, 9.17) is 15.0 Å². The molecule has 3 aromatic heterocycles. The molecule has 0 saturated carbocycles. The highest BCUT2D eigenvalue weighted by Gasteiger charge is 2.27. The van der Waals surface area contributed by atoms with Crippen LogP contribution >= 0.6 is 0 Å². The van der Waals surface area contributed by atoms with Gasteiger partial charge in [-0.2, -0.15) is 0 Å². The molecule has 3 N–H and O–H groups in total. The molecule has 1 fully saturated rings. The lowest BCUT2D eigenvalue weighted by molar-refractivity contribution is -0.914. The number of hydrogen-bond acceptors (Lipinski definition) is 5. The Hall–Kier alpha value is -4.76. The predicted octanol–water partition coefficient (Wildman–Crippen LogP) is 3.08. The van der Waals surface area contributed by atoms with Crippen LogP contribution < -0.4 is 19.8 Å². The molecule has 9 nitrogen and oxygen atoms in total. The number of nitrogens with one attached hydrogen (secondary N) is 3. The second-order valence-corrected chi connectivity index (χ2v) is 10.5. The molecular formula is C31H33N9+2. The van der Waals surface area contributed by atoms with Crippen LogP contribution in [0.25, 0.3) is 28.0 Å². The number of quaternary nitrogens is 1. The quantitative estimate of drug-likeness (QED) is 0.288. The van der Waals surface area contributed by atoms with E-state index in [0.717, 1.165) is 83.9 Å². The number of aryl methyl sites for hydroxylation is 2. The molecule has 0 unspecified atom stereocenters. The average molecular weight is 532 g/mol. The summed E-state index contributed by atoms with van der Waals surface area (Å²) in [6.07, 6.45) is 0. The van der Waals surface area contributed by atoms with Crippen LogP contribution in [0.1, 0.15) is 11.3 Å². The highest BCUT2D eigenvalue weighted by molar-refractivity contribution is 5.82. The lowest BCUT2D eigenvalue weighted by Crippen LogP contribution is -3.13. The number of imidazole rings is 1. The summed E-state index contributed by atoms with van der Waals surface area (Å²) in [7, 11) is 2.04. The molecule has 9 heteroatoms. The predicted molar refractivity (Wildman–Crippen MR) is 157 cm³/mol. The van der Waals surface area contributed by atoms with E-state index >= 15 is 0 Å². The summed E-state index contributed by atoms with van der Waals surface area (Å²) in [5.74, 6) is 3.28. The Labute approximate surface area is 232 Å². The fourth-order valence-corrected chi connectivity index (χ4v) is 5.63. The number of hydrogen-bond donors (Lipinski definition) is 3. The molecule has 3 aromatic carbocycles. The van der Waals surface area contributed by atoms with Gasteiger partial charge in [0, 0.05) is 24.4 Å². The van der Waals surface area contributed by atoms with Gasteiger partial charge in [0.05, 0.1) is 37.2 Å². The van der Waals surface area contributed by atoms with Crippen LogP contribution in [0.3, 0.4) is 0 Å². The zero-order valence-electron chi connectivity index (χ0n) is 22.8. The second kappa shape index (κ2) is 10.1. The van der Waals surface area contributed by atoms with Crippen LogP contribution in [0, 0.1) is 6.92 Å². The van der Waals surface area contributed by atoms with Crippen molar-refractivity contribution in [2.45, 2.75) is 13.5 Å². The summed E-state index contributed by atoms with van der Waals surface area (Å²) in [6, 6.07) is 29.1. The molecule has 1 aliphatic rings. The van der Waals surface area contributed by atoms with Gasteiger partial charge in [0.2, 0.25) is 11.6 Å². The van der Waals surface area contributed by atoms with E-state index in [0.29, 0.717) is 0 Å². The van der Waals surface area contributed by atoms with Gasteiger partial charge >= 0.3 is 5.95 Å². The van der Waals surface area contributed by atoms with Crippen molar-refractivity contribution < 1.29 is 9.58 Å². The summed E-state index contributed by atoms with van der Waals surface area (Å²) in [5.41, 5.74) is 6.19. The molecule has 200 valence electrons. The van der Waals surface area contributed by atoms with Gasteiger partial charge in [-0.3, -0.25) is 10.4 Å². The Balaban J connectivity index is 1.22. The zero-order valence-corrected chi connectivity index (χ0v) is 22.8. The van der Waals surface area contributed by atoms with Crippen molar-refractivity contribution in [2.24, 2.45) is 7.05 Å². The highest BCUT2D eigenvalue weighted by atomic mass is 15.4. The Morgan fingerprint density at radius 3 is 2.27 bits per heavy atom. The third kappa shape index (κ3) is 4.54. The Morgan fingerprint density at radius 1 is 0.850 bits per heavy atom. The van der Waals surface area contributed by atoms with Gasteiger partial charge in [-0.05, 0) is 31.2 Å². The van der Waals surface area contributed by atoms with Gasteiger partial charge in [-0.1, -0.05) is 54.6 Å². The zero-order chi connectivity index (χ0) is 27.1. The lowest BCUT2D eigenvalue weighted by Gasteiger charge is -2.33. The second-order valence-electron chi connectivity index (χ2n) is 10.5. The molecule has 7 rings (SSSR count). The van der Waals surface area contributed by atoms with Gasteiger partial charge in [0.15, 0.2) is 11.3 Å². The van der Waals surface area contributed by atoms with Crippen molar-refractivity contribution in [3.63, 3.8) is 0 Å². The van der Waals surface area contributed by atoms with Crippen molar-refractivity contribution >= 4 is 39.5 Å². The van der Waals surface area contributed by atoms with E-state index in [1.807, 2.05) is 61.1 Å². The van der Waals surface area contributed by atoms with E-state index in [2.05, 4.69) is 62.3 Å². The number of piperazine rings is 1. The average Bonchev–Trinajstić information content (AvgIpc) is 3.52. The Kier molecular flexibility index (Phi) is 6.13. The first-order chi connectivity index (χ1) is 19.6. The minimum Gasteiger partial charge on any atom is -0.341 e. The maximum Gasteiger partial charge on any atom is 0.377 e. The number of rotatable bonds is 6.